The molecule has 21 heavy (non-hydrogen) atoms. The van der Waals surface area contributed by atoms with Crippen LogP contribution in [0.3, 0.4) is 0 Å². The van der Waals surface area contributed by atoms with Gasteiger partial charge in [-0.3, -0.25) is 0 Å². The van der Waals surface area contributed by atoms with E-state index in [2.05, 4.69) is 51.6 Å². The normalized spacial score (nSPS) is 22.0. The van der Waals surface area contributed by atoms with E-state index in [-0.39, 0.29) is 5.82 Å². The molecule has 3 heteroatoms. The van der Waals surface area contributed by atoms with Crippen LogP contribution < -0.4 is 5.32 Å². The van der Waals surface area contributed by atoms with E-state index < -0.39 is 0 Å². The lowest BCUT2D eigenvalue weighted by Gasteiger charge is -2.33. The van der Waals surface area contributed by atoms with Crippen LogP contribution in [0.4, 0.5) is 10.1 Å². The predicted octanol–water partition coefficient (Wildman–Crippen LogP) is 5.73. The molecule has 0 heterocycles. The van der Waals surface area contributed by atoms with Crippen LogP contribution in [0.25, 0.3) is 0 Å². The molecule has 1 saturated carbocycles. The first-order valence-electron chi connectivity index (χ1n) is 7.50. The zero-order chi connectivity index (χ0) is 14.7. The summed E-state index contributed by atoms with van der Waals surface area (Å²) in [4.78, 5) is 0. The van der Waals surface area contributed by atoms with E-state index in [9.17, 15) is 4.39 Å². The molecule has 0 saturated heterocycles. The average Bonchev–Trinajstić information content (AvgIpc) is 2.52. The van der Waals surface area contributed by atoms with Gasteiger partial charge in [-0.15, -0.1) is 0 Å². The van der Waals surface area contributed by atoms with Crippen LogP contribution in [-0.2, 0) is 0 Å². The van der Waals surface area contributed by atoms with Crippen LogP contribution in [0.15, 0.2) is 53.0 Å². The molecule has 0 amide bonds. The number of rotatable bonds is 3. The predicted molar refractivity (Wildman–Crippen MR) is 89.2 cm³/mol. The van der Waals surface area contributed by atoms with Crippen molar-refractivity contribution in [2.24, 2.45) is 0 Å². The molecule has 1 N–H and O–H groups in total. The summed E-state index contributed by atoms with van der Waals surface area (Å²) in [5.41, 5.74) is 2.23. The van der Waals surface area contributed by atoms with Crippen LogP contribution >= 0.6 is 15.9 Å². The molecule has 1 fully saturated rings. The number of hydrogen-bond donors (Lipinski definition) is 1. The molecule has 0 bridgehead atoms. The monoisotopic (exact) mass is 347 g/mol. The van der Waals surface area contributed by atoms with Crippen LogP contribution in [-0.4, -0.2) is 6.04 Å². The number of halogens is 2. The maximum Gasteiger partial charge on any atom is 0.125 e. The zero-order valence-electron chi connectivity index (χ0n) is 11.9. The van der Waals surface area contributed by atoms with E-state index in [0.29, 0.717) is 12.0 Å². The molecule has 0 radical (unpaired) electrons. The fourth-order valence-electron chi connectivity index (χ4n) is 3.21. The molecule has 0 spiro atoms. The lowest BCUT2D eigenvalue weighted by atomic mass is 9.80. The summed E-state index contributed by atoms with van der Waals surface area (Å²) in [5.74, 6) is 0.294. The van der Waals surface area contributed by atoms with Crippen molar-refractivity contribution in [3.63, 3.8) is 0 Å². The van der Waals surface area contributed by atoms with E-state index in [0.717, 1.165) is 16.6 Å². The highest BCUT2D eigenvalue weighted by Gasteiger charge is 2.26. The summed E-state index contributed by atoms with van der Waals surface area (Å²) in [7, 11) is 0. The van der Waals surface area contributed by atoms with Crippen molar-refractivity contribution in [3.8, 4) is 0 Å². The van der Waals surface area contributed by atoms with Gasteiger partial charge in [-0.25, -0.2) is 4.39 Å². The van der Waals surface area contributed by atoms with E-state index in [1.807, 2.05) is 0 Å². The van der Waals surface area contributed by atoms with Crippen LogP contribution in [0.5, 0.6) is 0 Å². The van der Waals surface area contributed by atoms with Crippen molar-refractivity contribution >= 4 is 21.6 Å². The molecule has 2 atom stereocenters. The third kappa shape index (κ3) is 3.46. The van der Waals surface area contributed by atoms with Gasteiger partial charge in [0, 0.05) is 16.4 Å². The van der Waals surface area contributed by atoms with Crippen molar-refractivity contribution in [2.45, 2.75) is 37.6 Å². The third-order valence-electron chi connectivity index (χ3n) is 4.26. The average molecular weight is 348 g/mol. The molecule has 110 valence electrons. The first-order chi connectivity index (χ1) is 10.2. The molecular formula is C18H19BrFN. The van der Waals surface area contributed by atoms with Crippen molar-refractivity contribution in [1.82, 2.24) is 0 Å². The number of benzene rings is 2. The van der Waals surface area contributed by atoms with Crippen LogP contribution in [0, 0.1) is 5.82 Å². The first-order valence-corrected chi connectivity index (χ1v) is 8.30. The van der Waals surface area contributed by atoms with Crippen molar-refractivity contribution < 1.29 is 4.39 Å². The van der Waals surface area contributed by atoms with Gasteiger partial charge < -0.3 is 5.32 Å². The van der Waals surface area contributed by atoms with Gasteiger partial charge in [-0.1, -0.05) is 43.2 Å². The fourth-order valence-corrected chi connectivity index (χ4v) is 3.57. The molecule has 0 aromatic heterocycles. The number of nitrogens with one attached hydrogen (secondary N) is 1. The quantitative estimate of drug-likeness (QED) is 0.747. The maximum atomic E-state index is 13.5. The Morgan fingerprint density at radius 3 is 2.57 bits per heavy atom. The molecule has 1 nitrogen and oxygen atoms in total. The second-order valence-corrected chi connectivity index (χ2v) is 6.53. The summed E-state index contributed by atoms with van der Waals surface area (Å²) < 4.78 is 14.4. The Bertz CT molecular complexity index is 599. The van der Waals surface area contributed by atoms with E-state index in [1.165, 1.54) is 30.9 Å². The molecule has 2 aromatic rings. The summed E-state index contributed by atoms with van der Waals surface area (Å²) in [6.45, 7) is 0. The lowest BCUT2D eigenvalue weighted by Crippen LogP contribution is -2.30. The van der Waals surface area contributed by atoms with Gasteiger partial charge in [0.05, 0.1) is 5.69 Å². The molecule has 1 aliphatic rings. The molecule has 2 unspecified atom stereocenters. The lowest BCUT2D eigenvalue weighted by molar-refractivity contribution is 0.405. The molecule has 3 rings (SSSR count). The summed E-state index contributed by atoms with van der Waals surface area (Å²) >= 11 is 3.50. The third-order valence-corrected chi connectivity index (χ3v) is 4.95. The van der Waals surface area contributed by atoms with Gasteiger partial charge in [0.25, 0.3) is 0 Å². The van der Waals surface area contributed by atoms with Gasteiger partial charge in [0.15, 0.2) is 0 Å². The standard InChI is InChI=1S/C18H19BrFN/c19-16-11-10-14(20)12-18(16)21-17-9-5-4-8-15(17)13-6-2-1-3-7-13/h1-3,6-7,10-12,15,17,21H,4-5,8-9H2. The van der Waals surface area contributed by atoms with E-state index >= 15 is 0 Å². The second kappa shape index (κ2) is 6.61. The zero-order valence-corrected chi connectivity index (χ0v) is 13.4. The van der Waals surface area contributed by atoms with Crippen LogP contribution in [0.1, 0.15) is 37.2 Å². The largest absolute Gasteiger partial charge is 0.381 e. The van der Waals surface area contributed by atoms with Crippen molar-refractivity contribution in [3.05, 3.63) is 64.4 Å². The minimum Gasteiger partial charge on any atom is -0.381 e. The summed E-state index contributed by atoms with van der Waals surface area (Å²) in [6.07, 6.45) is 4.81. The number of hydrogen-bond acceptors (Lipinski definition) is 1. The molecular weight excluding hydrogens is 329 g/mol. The van der Waals surface area contributed by atoms with E-state index in [1.54, 1.807) is 12.1 Å². The second-order valence-electron chi connectivity index (χ2n) is 5.68. The topological polar surface area (TPSA) is 12.0 Å². The first kappa shape index (κ1) is 14.6. The van der Waals surface area contributed by atoms with Crippen LogP contribution in [0.2, 0.25) is 0 Å². The van der Waals surface area contributed by atoms with Gasteiger partial charge in [0.1, 0.15) is 5.82 Å². The molecule has 1 aliphatic carbocycles. The Hall–Kier alpha value is -1.35. The number of anilines is 1. The van der Waals surface area contributed by atoms with Gasteiger partial charge >= 0.3 is 0 Å². The maximum absolute atomic E-state index is 13.5. The molecule has 0 aliphatic heterocycles. The highest BCUT2D eigenvalue weighted by atomic mass is 79.9. The highest BCUT2D eigenvalue weighted by Crippen LogP contribution is 2.36. The SMILES string of the molecule is Fc1ccc(Br)c(NC2CCCCC2c2ccccc2)c1. The Morgan fingerprint density at radius 1 is 1.00 bits per heavy atom. The Kier molecular flexibility index (Phi) is 4.59. The van der Waals surface area contributed by atoms with Gasteiger partial charge in [-0.05, 0) is 52.5 Å². The summed E-state index contributed by atoms with van der Waals surface area (Å²) in [6, 6.07) is 15.8. The minimum atomic E-state index is -0.201. The Labute approximate surface area is 133 Å². The van der Waals surface area contributed by atoms with E-state index in [4.69, 9.17) is 0 Å². The Balaban J connectivity index is 1.83. The highest BCUT2D eigenvalue weighted by molar-refractivity contribution is 9.10. The van der Waals surface area contributed by atoms with Gasteiger partial charge in [-0.2, -0.15) is 0 Å². The fraction of sp³-hybridized carbons (Fsp3) is 0.333. The van der Waals surface area contributed by atoms with Gasteiger partial charge in [0.2, 0.25) is 0 Å². The minimum absolute atomic E-state index is 0.201. The smallest absolute Gasteiger partial charge is 0.125 e. The molecule has 2 aromatic carbocycles. The van der Waals surface area contributed by atoms with Crippen molar-refractivity contribution in [2.75, 3.05) is 5.32 Å². The summed E-state index contributed by atoms with van der Waals surface area (Å²) in [5, 5.41) is 3.55. The van der Waals surface area contributed by atoms with Crippen molar-refractivity contribution in [1.29, 1.82) is 0 Å². The Morgan fingerprint density at radius 2 is 1.76 bits per heavy atom.